The van der Waals surface area contributed by atoms with Crippen molar-refractivity contribution in [2.24, 2.45) is 0 Å². The fourth-order valence-corrected chi connectivity index (χ4v) is 2.11. The van der Waals surface area contributed by atoms with Crippen LogP contribution in [0.2, 0.25) is 0 Å². The second kappa shape index (κ2) is 3.98. The molecular formula is C11H14N2O2. The Labute approximate surface area is 88.5 Å². The number of hydrogen-bond acceptors (Lipinski definition) is 3. The van der Waals surface area contributed by atoms with E-state index in [1.807, 2.05) is 13.0 Å². The number of rotatable bonds is 2. The minimum atomic E-state index is -0.348. The van der Waals surface area contributed by atoms with Gasteiger partial charge in [0.1, 0.15) is 0 Å². The Balaban J connectivity index is 2.29. The van der Waals surface area contributed by atoms with Crippen LogP contribution in [0.5, 0.6) is 0 Å². The number of nitrogens with zero attached hydrogens (tertiary/aromatic N) is 1. The average Bonchev–Trinajstić information content (AvgIpc) is 2.70. The molecule has 4 nitrogen and oxygen atoms in total. The Bertz CT molecular complexity index is 384. The molecule has 1 N–H and O–H groups in total. The van der Waals surface area contributed by atoms with Gasteiger partial charge in [0.25, 0.3) is 5.69 Å². The van der Waals surface area contributed by atoms with Gasteiger partial charge in [0.2, 0.25) is 0 Å². The van der Waals surface area contributed by atoms with Crippen molar-refractivity contribution in [3.8, 4) is 0 Å². The van der Waals surface area contributed by atoms with E-state index in [0.29, 0.717) is 6.04 Å². The van der Waals surface area contributed by atoms with E-state index in [-0.39, 0.29) is 10.6 Å². The molecule has 80 valence electrons. The van der Waals surface area contributed by atoms with Gasteiger partial charge in [-0.2, -0.15) is 0 Å². The van der Waals surface area contributed by atoms with Gasteiger partial charge in [0.15, 0.2) is 0 Å². The predicted octanol–water partition coefficient (Wildman–Crippen LogP) is 2.33. The van der Waals surface area contributed by atoms with Crippen LogP contribution in [0.4, 0.5) is 5.69 Å². The molecule has 15 heavy (non-hydrogen) atoms. The van der Waals surface area contributed by atoms with Gasteiger partial charge in [-0.3, -0.25) is 10.1 Å². The fraction of sp³-hybridized carbons (Fsp3) is 0.455. The number of aryl methyl sites for hydroxylation is 1. The molecule has 1 aliphatic heterocycles. The van der Waals surface area contributed by atoms with E-state index in [0.717, 1.165) is 18.5 Å². The van der Waals surface area contributed by atoms with Crippen LogP contribution in [0.25, 0.3) is 0 Å². The lowest BCUT2D eigenvalue weighted by molar-refractivity contribution is -0.384. The molecule has 0 bridgehead atoms. The zero-order valence-electron chi connectivity index (χ0n) is 8.69. The summed E-state index contributed by atoms with van der Waals surface area (Å²) in [5.74, 6) is 0. The van der Waals surface area contributed by atoms with Crippen molar-refractivity contribution in [1.29, 1.82) is 0 Å². The van der Waals surface area contributed by atoms with Crippen LogP contribution in [0, 0.1) is 17.0 Å². The number of nitro benzene ring substituents is 1. The Kier molecular flexibility index (Phi) is 2.68. The predicted molar refractivity (Wildman–Crippen MR) is 57.8 cm³/mol. The summed E-state index contributed by atoms with van der Waals surface area (Å²) in [5.41, 5.74) is 2.37. The van der Waals surface area contributed by atoms with Crippen LogP contribution in [-0.2, 0) is 0 Å². The monoisotopic (exact) mass is 206 g/mol. The summed E-state index contributed by atoms with van der Waals surface area (Å²) in [6.07, 6.45) is 2.31. The van der Waals surface area contributed by atoms with Crippen LogP contribution in [0.3, 0.4) is 0 Å². The van der Waals surface area contributed by atoms with E-state index < -0.39 is 0 Å². The zero-order chi connectivity index (χ0) is 10.8. The first-order valence-corrected chi connectivity index (χ1v) is 5.17. The normalized spacial score (nSPS) is 20.5. The van der Waals surface area contributed by atoms with Crippen LogP contribution >= 0.6 is 0 Å². The minimum absolute atomic E-state index is 0.175. The SMILES string of the molecule is Cc1cc([N+](=O)[O-])ccc1[C@@H]1CCCN1. The molecule has 0 saturated carbocycles. The first-order chi connectivity index (χ1) is 7.18. The van der Waals surface area contributed by atoms with Crippen LogP contribution < -0.4 is 5.32 Å². The van der Waals surface area contributed by atoms with E-state index >= 15 is 0 Å². The van der Waals surface area contributed by atoms with Crippen molar-refractivity contribution in [3.63, 3.8) is 0 Å². The van der Waals surface area contributed by atoms with Crippen molar-refractivity contribution in [3.05, 3.63) is 39.4 Å². The standard InChI is InChI=1S/C11H14N2O2/c1-8-7-9(13(14)15)4-5-10(8)11-3-2-6-12-11/h4-5,7,11-12H,2-3,6H2,1H3/t11-/m0/s1. The number of nitrogens with one attached hydrogen (secondary N) is 1. The zero-order valence-corrected chi connectivity index (χ0v) is 8.69. The number of nitro groups is 1. The molecule has 0 aromatic heterocycles. The molecule has 0 radical (unpaired) electrons. The first kappa shape index (κ1) is 10.1. The molecule has 0 aliphatic carbocycles. The Hall–Kier alpha value is -1.42. The summed E-state index contributed by atoms with van der Waals surface area (Å²) in [4.78, 5) is 10.2. The maximum absolute atomic E-state index is 10.6. The van der Waals surface area contributed by atoms with Crippen LogP contribution in [0.1, 0.15) is 30.0 Å². The van der Waals surface area contributed by atoms with E-state index in [2.05, 4.69) is 5.32 Å². The molecule has 2 rings (SSSR count). The number of hydrogen-bond donors (Lipinski definition) is 1. The van der Waals surface area contributed by atoms with E-state index in [4.69, 9.17) is 0 Å². The quantitative estimate of drug-likeness (QED) is 0.596. The third-order valence-electron chi connectivity index (χ3n) is 2.90. The average molecular weight is 206 g/mol. The first-order valence-electron chi connectivity index (χ1n) is 5.17. The van der Waals surface area contributed by atoms with Gasteiger partial charge in [-0.1, -0.05) is 6.07 Å². The van der Waals surface area contributed by atoms with Crippen molar-refractivity contribution in [2.75, 3.05) is 6.54 Å². The number of non-ortho nitro benzene ring substituents is 1. The highest BCUT2D eigenvalue weighted by molar-refractivity contribution is 5.40. The highest BCUT2D eigenvalue weighted by Gasteiger charge is 2.19. The molecular weight excluding hydrogens is 192 g/mol. The van der Waals surface area contributed by atoms with E-state index in [9.17, 15) is 10.1 Å². The molecule has 1 aliphatic rings. The smallest absolute Gasteiger partial charge is 0.269 e. The minimum Gasteiger partial charge on any atom is -0.310 e. The highest BCUT2D eigenvalue weighted by atomic mass is 16.6. The lowest BCUT2D eigenvalue weighted by Gasteiger charge is -2.13. The van der Waals surface area contributed by atoms with Gasteiger partial charge in [-0.25, -0.2) is 0 Å². The molecule has 0 spiro atoms. The van der Waals surface area contributed by atoms with Gasteiger partial charge >= 0.3 is 0 Å². The summed E-state index contributed by atoms with van der Waals surface area (Å²) in [6.45, 7) is 2.98. The summed E-state index contributed by atoms with van der Waals surface area (Å²) in [5, 5.41) is 14.0. The molecule has 1 aromatic rings. The second-order valence-corrected chi connectivity index (χ2v) is 3.95. The molecule has 0 amide bonds. The maximum atomic E-state index is 10.6. The van der Waals surface area contributed by atoms with Crippen molar-refractivity contribution in [2.45, 2.75) is 25.8 Å². The molecule has 1 atom stereocenters. The largest absolute Gasteiger partial charge is 0.310 e. The molecule has 1 heterocycles. The molecule has 1 saturated heterocycles. The van der Waals surface area contributed by atoms with Gasteiger partial charge in [-0.05, 0) is 37.4 Å². The third-order valence-corrected chi connectivity index (χ3v) is 2.90. The van der Waals surface area contributed by atoms with Crippen molar-refractivity contribution in [1.82, 2.24) is 5.32 Å². The highest BCUT2D eigenvalue weighted by Crippen LogP contribution is 2.27. The maximum Gasteiger partial charge on any atom is 0.269 e. The second-order valence-electron chi connectivity index (χ2n) is 3.95. The van der Waals surface area contributed by atoms with Crippen molar-refractivity contribution >= 4 is 5.69 Å². The Morgan fingerprint density at radius 1 is 1.53 bits per heavy atom. The summed E-state index contributed by atoms with van der Waals surface area (Å²) >= 11 is 0. The molecule has 1 aromatic carbocycles. The Morgan fingerprint density at radius 3 is 2.87 bits per heavy atom. The lowest BCUT2D eigenvalue weighted by atomic mass is 9.99. The fourth-order valence-electron chi connectivity index (χ4n) is 2.11. The van der Waals surface area contributed by atoms with E-state index in [1.165, 1.54) is 12.0 Å². The van der Waals surface area contributed by atoms with Crippen molar-refractivity contribution < 1.29 is 4.92 Å². The molecule has 1 fully saturated rings. The van der Waals surface area contributed by atoms with Gasteiger partial charge in [0, 0.05) is 18.2 Å². The lowest BCUT2D eigenvalue weighted by Crippen LogP contribution is -2.13. The van der Waals surface area contributed by atoms with Gasteiger partial charge in [0.05, 0.1) is 4.92 Å². The summed E-state index contributed by atoms with van der Waals surface area (Å²) in [7, 11) is 0. The summed E-state index contributed by atoms with van der Waals surface area (Å²) < 4.78 is 0. The van der Waals surface area contributed by atoms with Gasteiger partial charge < -0.3 is 5.32 Å². The van der Waals surface area contributed by atoms with Crippen LogP contribution in [-0.4, -0.2) is 11.5 Å². The summed E-state index contributed by atoms with van der Waals surface area (Å²) in [6, 6.07) is 5.49. The van der Waals surface area contributed by atoms with Gasteiger partial charge in [-0.15, -0.1) is 0 Å². The third kappa shape index (κ3) is 1.99. The molecule has 0 unspecified atom stereocenters. The number of benzene rings is 1. The molecule has 4 heteroatoms. The topological polar surface area (TPSA) is 55.2 Å². The van der Waals surface area contributed by atoms with Crippen LogP contribution in [0.15, 0.2) is 18.2 Å². The van der Waals surface area contributed by atoms with E-state index in [1.54, 1.807) is 12.1 Å². The Morgan fingerprint density at radius 2 is 2.33 bits per heavy atom.